The van der Waals surface area contributed by atoms with Gasteiger partial charge in [0.2, 0.25) is 0 Å². The maximum absolute atomic E-state index is 12.4. The molecule has 3 N–H and O–H groups in total. The van der Waals surface area contributed by atoms with Crippen LogP contribution in [0.5, 0.6) is 0 Å². The van der Waals surface area contributed by atoms with Crippen molar-refractivity contribution in [3.63, 3.8) is 0 Å². The van der Waals surface area contributed by atoms with Crippen LogP contribution in [-0.4, -0.2) is 26.8 Å². The summed E-state index contributed by atoms with van der Waals surface area (Å²) in [6.45, 7) is 1.84. The van der Waals surface area contributed by atoms with Crippen molar-refractivity contribution in [3.8, 4) is 0 Å². The monoisotopic (exact) mass is 479 g/mol. The molecule has 0 spiro atoms. The smallest absolute Gasteiger partial charge is 0.277 e. The maximum Gasteiger partial charge on any atom is 0.277 e. The third-order valence-corrected chi connectivity index (χ3v) is 4.81. The second-order valence-electron chi connectivity index (χ2n) is 7.01. The highest BCUT2D eigenvalue weighted by Crippen LogP contribution is 2.23. The van der Waals surface area contributed by atoms with E-state index in [0.29, 0.717) is 16.9 Å². The number of anilines is 2. The Morgan fingerprint density at radius 2 is 1.32 bits per heavy atom. The Kier molecular flexibility index (Phi) is 7.23. The summed E-state index contributed by atoms with van der Waals surface area (Å²) in [4.78, 5) is 45.1. The molecule has 0 aromatic heterocycles. The van der Waals surface area contributed by atoms with Crippen molar-refractivity contribution in [3.05, 3.63) is 104 Å². The Balaban J connectivity index is 1.63. The van der Waals surface area contributed by atoms with E-state index < -0.39 is 27.1 Å². The van der Waals surface area contributed by atoms with Gasteiger partial charge in [0.25, 0.3) is 23.2 Å². The summed E-state index contributed by atoms with van der Waals surface area (Å²) in [5, 5.41) is 29.7. The molecule has 11 nitrogen and oxygen atoms in total. The van der Waals surface area contributed by atoms with Gasteiger partial charge in [0.05, 0.1) is 21.5 Å². The Hall–Kier alpha value is -4.71. The number of nitrogens with one attached hydrogen (secondary N) is 3. The molecular formula is C22H17N5O6S. The highest BCUT2D eigenvalue weighted by molar-refractivity contribution is 7.80. The van der Waals surface area contributed by atoms with Crippen molar-refractivity contribution in [2.45, 2.75) is 6.92 Å². The first kappa shape index (κ1) is 23.9. The fourth-order valence-corrected chi connectivity index (χ4v) is 3.15. The lowest BCUT2D eigenvalue weighted by molar-refractivity contribution is -0.394. The predicted molar refractivity (Wildman–Crippen MR) is 129 cm³/mol. The standard InChI is InChI=1S/C22H17N5O6S/c1-13-4-2-3-5-19(13)21(29)23-15-6-8-16(9-7-15)24-22(34)25-20(28)14-10-17(26(30)31)12-18(11-14)27(32)33/h2-12H,1H3,(H,23,29)(H2,24,25,28,34). The number of thiocarbonyl (C=S) groups is 1. The number of carbonyl (C=O) groups excluding carboxylic acids is 2. The molecule has 3 aromatic carbocycles. The zero-order chi connectivity index (χ0) is 24.8. The second kappa shape index (κ2) is 10.3. The van der Waals surface area contributed by atoms with Crippen LogP contribution in [-0.2, 0) is 0 Å². The zero-order valence-corrected chi connectivity index (χ0v) is 18.4. The van der Waals surface area contributed by atoms with E-state index >= 15 is 0 Å². The van der Waals surface area contributed by atoms with Crippen LogP contribution in [0, 0.1) is 27.2 Å². The molecule has 0 aliphatic carbocycles. The number of nitrogens with zero attached hydrogens (tertiary/aromatic N) is 2. The topological polar surface area (TPSA) is 157 Å². The molecule has 172 valence electrons. The van der Waals surface area contributed by atoms with Crippen LogP contribution in [0.4, 0.5) is 22.7 Å². The fourth-order valence-electron chi connectivity index (χ4n) is 2.94. The van der Waals surface area contributed by atoms with E-state index in [0.717, 1.165) is 23.8 Å². The van der Waals surface area contributed by atoms with Crippen molar-refractivity contribution < 1.29 is 19.4 Å². The number of carbonyl (C=O) groups is 2. The van der Waals surface area contributed by atoms with Gasteiger partial charge in [-0.3, -0.25) is 35.1 Å². The lowest BCUT2D eigenvalue weighted by atomic mass is 10.1. The minimum absolute atomic E-state index is 0.129. The molecule has 3 rings (SSSR count). The second-order valence-corrected chi connectivity index (χ2v) is 7.42. The van der Waals surface area contributed by atoms with Gasteiger partial charge >= 0.3 is 0 Å². The molecule has 12 heteroatoms. The van der Waals surface area contributed by atoms with E-state index in [1.165, 1.54) is 0 Å². The minimum atomic E-state index is -0.855. The summed E-state index contributed by atoms with van der Waals surface area (Å²) in [6, 6.07) is 16.2. The highest BCUT2D eigenvalue weighted by atomic mass is 32.1. The highest BCUT2D eigenvalue weighted by Gasteiger charge is 2.20. The molecule has 2 amide bonds. The van der Waals surface area contributed by atoms with Gasteiger partial charge in [-0.15, -0.1) is 0 Å². The summed E-state index contributed by atoms with van der Waals surface area (Å²) in [5.74, 6) is -1.11. The summed E-state index contributed by atoms with van der Waals surface area (Å²) in [7, 11) is 0. The third-order valence-electron chi connectivity index (χ3n) is 4.60. The molecule has 0 radical (unpaired) electrons. The molecule has 0 fully saturated rings. The van der Waals surface area contributed by atoms with Crippen LogP contribution in [0.25, 0.3) is 0 Å². The van der Waals surface area contributed by atoms with Crippen LogP contribution >= 0.6 is 12.2 Å². The molecular weight excluding hydrogens is 462 g/mol. The Morgan fingerprint density at radius 1 is 0.794 bits per heavy atom. The number of amides is 2. The first-order valence-electron chi connectivity index (χ1n) is 9.67. The molecule has 0 bridgehead atoms. The average Bonchev–Trinajstić information content (AvgIpc) is 2.80. The van der Waals surface area contributed by atoms with Gasteiger partial charge in [-0.05, 0) is 55.0 Å². The van der Waals surface area contributed by atoms with Crippen LogP contribution in [0.3, 0.4) is 0 Å². The van der Waals surface area contributed by atoms with Crippen molar-refractivity contribution in [2.75, 3.05) is 10.6 Å². The molecule has 0 saturated heterocycles. The first-order valence-corrected chi connectivity index (χ1v) is 10.1. The molecule has 0 aliphatic heterocycles. The molecule has 0 atom stereocenters. The summed E-state index contributed by atoms with van der Waals surface area (Å²) >= 11 is 5.08. The van der Waals surface area contributed by atoms with E-state index in [4.69, 9.17) is 12.2 Å². The SMILES string of the molecule is Cc1ccccc1C(=O)Nc1ccc(NC(=S)NC(=O)c2cc([N+](=O)[O-])cc([N+](=O)[O-])c2)cc1. The van der Waals surface area contributed by atoms with Crippen molar-refractivity contribution in [1.29, 1.82) is 0 Å². The van der Waals surface area contributed by atoms with Gasteiger partial charge in [-0.2, -0.15) is 0 Å². The van der Waals surface area contributed by atoms with Gasteiger partial charge in [0.1, 0.15) is 0 Å². The predicted octanol–water partition coefficient (Wildman–Crippen LogP) is 4.19. The Morgan fingerprint density at radius 3 is 1.85 bits per heavy atom. The van der Waals surface area contributed by atoms with E-state index in [-0.39, 0.29) is 16.6 Å². The maximum atomic E-state index is 12.4. The third kappa shape index (κ3) is 5.95. The van der Waals surface area contributed by atoms with Gasteiger partial charge in [-0.1, -0.05) is 18.2 Å². The molecule has 0 unspecified atom stereocenters. The average molecular weight is 479 g/mol. The van der Waals surface area contributed by atoms with Gasteiger partial charge in [0, 0.05) is 29.1 Å². The lowest BCUT2D eigenvalue weighted by Gasteiger charge is -2.11. The van der Waals surface area contributed by atoms with Crippen molar-refractivity contribution in [1.82, 2.24) is 5.32 Å². The van der Waals surface area contributed by atoms with Crippen molar-refractivity contribution >= 4 is 51.9 Å². The number of nitro benzene ring substituents is 2. The quantitative estimate of drug-likeness (QED) is 0.270. The summed E-state index contributed by atoms with van der Waals surface area (Å²) in [5.41, 5.74) is 0.938. The van der Waals surface area contributed by atoms with Crippen LogP contribution in [0.2, 0.25) is 0 Å². The van der Waals surface area contributed by atoms with E-state index in [9.17, 15) is 29.8 Å². The molecule has 0 saturated carbocycles. The molecule has 0 heterocycles. The van der Waals surface area contributed by atoms with Crippen LogP contribution < -0.4 is 16.0 Å². The largest absolute Gasteiger partial charge is 0.332 e. The van der Waals surface area contributed by atoms with Gasteiger partial charge in [-0.25, -0.2) is 0 Å². The molecule has 0 aliphatic rings. The van der Waals surface area contributed by atoms with E-state index in [1.807, 2.05) is 19.1 Å². The number of rotatable bonds is 6. The lowest BCUT2D eigenvalue weighted by Crippen LogP contribution is -2.34. The number of hydrogen-bond acceptors (Lipinski definition) is 7. The Labute approximate surface area is 198 Å². The van der Waals surface area contributed by atoms with E-state index in [1.54, 1.807) is 36.4 Å². The normalized spacial score (nSPS) is 10.1. The first-order chi connectivity index (χ1) is 16.1. The zero-order valence-electron chi connectivity index (χ0n) is 17.6. The number of non-ortho nitro benzene ring substituents is 2. The minimum Gasteiger partial charge on any atom is -0.332 e. The van der Waals surface area contributed by atoms with Gasteiger partial charge in [0.15, 0.2) is 5.11 Å². The Bertz CT molecular complexity index is 1280. The fraction of sp³-hybridized carbons (Fsp3) is 0.0455. The van der Waals surface area contributed by atoms with E-state index in [2.05, 4.69) is 16.0 Å². The number of benzene rings is 3. The van der Waals surface area contributed by atoms with Gasteiger partial charge < -0.3 is 10.6 Å². The summed E-state index contributed by atoms with van der Waals surface area (Å²) < 4.78 is 0. The summed E-state index contributed by atoms with van der Waals surface area (Å²) in [6.07, 6.45) is 0. The number of aryl methyl sites for hydroxylation is 1. The van der Waals surface area contributed by atoms with Crippen LogP contribution in [0.1, 0.15) is 26.3 Å². The number of nitro groups is 2. The number of hydrogen-bond donors (Lipinski definition) is 3. The molecule has 34 heavy (non-hydrogen) atoms. The van der Waals surface area contributed by atoms with Crippen molar-refractivity contribution in [2.24, 2.45) is 0 Å². The van der Waals surface area contributed by atoms with Crippen LogP contribution in [0.15, 0.2) is 66.7 Å². The molecule has 3 aromatic rings.